The maximum absolute atomic E-state index is 9.59. The summed E-state index contributed by atoms with van der Waals surface area (Å²) < 4.78 is 0. The Kier molecular flexibility index (Phi) is 39.9. The van der Waals surface area contributed by atoms with Crippen molar-refractivity contribution in [3.63, 3.8) is 0 Å². The summed E-state index contributed by atoms with van der Waals surface area (Å²) in [6.45, 7) is 0. The van der Waals surface area contributed by atoms with E-state index in [0.717, 1.165) is 0 Å². The molecule has 0 fully saturated rings. The van der Waals surface area contributed by atoms with Crippen LogP contribution in [0.2, 0.25) is 0 Å². The Morgan fingerprint density at radius 3 is 1.67 bits per heavy atom. The lowest BCUT2D eigenvalue weighted by atomic mass is 10.5. The van der Waals surface area contributed by atoms with Gasteiger partial charge in [-0.2, -0.15) is 0 Å². The molecular formula is C3H10Cl3O2P. The van der Waals surface area contributed by atoms with E-state index in [4.69, 9.17) is 5.11 Å². The second kappa shape index (κ2) is 15.9. The van der Waals surface area contributed by atoms with Gasteiger partial charge in [-0.15, -0.1) is 46.5 Å². The van der Waals surface area contributed by atoms with Crippen LogP contribution in [0.5, 0.6) is 0 Å². The monoisotopic (exact) mass is 214 g/mol. The van der Waals surface area contributed by atoms with E-state index >= 15 is 0 Å². The number of rotatable bonds is 2. The standard InChI is InChI=1S/C3H7O2P.3ClH/c4-3(5)1-2-6;;;/h1-2,6H2,(H,4,5);3*1H. The van der Waals surface area contributed by atoms with E-state index in [1.165, 1.54) is 0 Å². The van der Waals surface area contributed by atoms with Gasteiger partial charge in [0.25, 0.3) is 0 Å². The van der Waals surface area contributed by atoms with E-state index in [0.29, 0.717) is 6.16 Å². The SMILES string of the molecule is Cl.Cl.Cl.O=C(O)CCP. The fraction of sp³-hybridized carbons (Fsp3) is 0.667. The largest absolute Gasteiger partial charge is 0.481 e. The summed E-state index contributed by atoms with van der Waals surface area (Å²) in [6, 6.07) is 0. The van der Waals surface area contributed by atoms with Crippen LogP contribution < -0.4 is 0 Å². The van der Waals surface area contributed by atoms with Gasteiger partial charge in [-0.25, -0.2) is 0 Å². The van der Waals surface area contributed by atoms with Crippen molar-refractivity contribution in [1.29, 1.82) is 0 Å². The maximum Gasteiger partial charge on any atom is 0.303 e. The van der Waals surface area contributed by atoms with Crippen LogP contribution in [0.1, 0.15) is 6.42 Å². The van der Waals surface area contributed by atoms with E-state index in [1.807, 2.05) is 0 Å². The van der Waals surface area contributed by atoms with Crippen LogP contribution in [-0.2, 0) is 4.79 Å². The summed E-state index contributed by atoms with van der Waals surface area (Å²) in [5.74, 6) is -0.731. The molecule has 1 N–H and O–H groups in total. The average molecular weight is 215 g/mol. The van der Waals surface area contributed by atoms with E-state index in [1.54, 1.807) is 0 Å². The summed E-state index contributed by atoms with van der Waals surface area (Å²) in [6.07, 6.45) is 0.903. The average Bonchev–Trinajstić information content (AvgIpc) is 1.35. The van der Waals surface area contributed by atoms with Crippen LogP contribution >= 0.6 is 46.5 Å². The van der Waals surface area contributed by atoms with Crippen molar-refractivity contribution in [2.45, 2.75) is 6.42 Å². The summed E-state index contributed by atoms with van der Waals surface area (Å²) in [7, 11) is 2.34. The van der Waals surface area contributed by atoms with Gasteiger partial charge in [0, 0.05) is 6.42 Å². The number of halogens is 3. The van der Waals surface area contributed by atoms with Gasteiger partial charge in [0.2, 0.25) is 0 Å². The highest BCUT2D eigenvalue weighted by Gasteiger charge is 1.87. The molecule has 0 heterocycles. The van der Waals surface area contributed by atoms with E-state index in [2.05, 4.69) is 9.24 Å². The lowest BCUT2D eigenvalue weighted by Crippen LogP contribution is -1.92. The van der Waals surface area contributed by atoms with Crippen molar-refractivity contribution in [2.24, 2.45) is 0 Å². The molecular weight excluding hydrogens is 205 g/mol. The van der Waals surface area contributed by atoms with Crippen LogP contribution in [0.4, 0.5) is 0 Å². The summed E-state index contributed by atoms with van der Waals surface area (Å²) >= 11 is 0. The highest BCUT2D eigenvalue weighted by atomic mass is 35.5. The van der Waals surface area contributed by atoms with E-state index in [9.17, 15) is 4.79 Å². The Morgan fingerprint density at radius 1 is 1.33 bits per heavy atom. The predicted molar refractivity (Wildman–Crippen MR) is 48.6 cm³/mol. The quantitative estimate of drug-likeness (QED) is 0.711. The molecule has 6 heteroatoms. The number of carbonyl (C=O) groups is 1. The van der Waals surface area contributed by atoms with Crippen molar-refractivity contribution in [3.05, 3.63) is 0 Å². The first-order valence-corrected chi connectivity index (χ1v) is 2.51. The minimum atomic E-state index is -0.731. The predicted octanol–water partition coefficient (Wildman–Crippen LogP) is 1.60. The first-order chi connectivity index (χ1) is 2.77. The molecule has 0 amide bonds. The van der Waals surface area contributed by atoms with Crippen molar-refractivity contribution in [1.82, 2.24) is 0 Å². The highest BCUT2D eigenvalue weighted by molar-refractivity contribution is 7.16. The van der Waals surface area contributed by atoms with Gasteiger partial charge < -0.3 is 5.11 Å². The van der Waals surface area contributed by atoms with Crippen LogP contribution in [0.25, 0.3) is 0 Å². The van der Waals surface area contributed by atoms with Crippen molar-refractivity contribution in [2.75, 3.05) is 6.16 Å². The third-order valence-electron chi connectivity index (χ3n) is 0.358. The van der Waals surface area contributed by atoms with Gasteiger partial charge in [0.1, 0.15) is 0 Å². The molecule has 0 spiro atoms. The summed E-state index contributed by atoms with van der Waals surface area (Å²) in [5.41, 5.74) is 0. The molecule has 2 nitrogen and oxygen atoms in total. The van der Waals surface area contributed by atoms with Gasteiger partial charge in [-0.05, 0) is 6.16 Å². The van der Waals surface area contributed by atoms with Gasteiger partial charge >= 0.3 is 5.97 Å². The van der Waals surface area contributed by atoms with Gasteiger partial charge in [0.15, 0.2) is 0 Å². The van der Waals surface area contributed by atoms with E-state index in [-0.39, 0.29) is 43.6 Å². The molecule has 9 heavy (non-hydrogen) atoms. The molecule has 0 aliphatic rings. The third kappa shape index (κ3) is 28.3. The molecule has 0 aliphatic carbocycles. The van der Waals surface area contributed by atoms with Gasteiger partial charge in [-0.3, -0.25) is 4.79 Å². The Hall–Kier alpha value is 0.770. The molecule has 0 saturated carbocycles. The van der Waals surface area contributed by atoms with Crippen molar-refractivity contribution >= 4 is 52.4 Å². The maximum atomic E-state index is 9.59. The third-order valence-corrected chi connectivity index (χ3v) is 0.647. The molecule has 0 aliphatic heterocycles. The normalized spacial score (nSPS) is 5.44. The van der Waals surface area contributed by atoms with Crippen LogP contribution in [0.3, 0.4) is 0 Å². The fourth-order valence-electron chi connectivity index (χ4n) is 0.123. The molecule has 1 unspecified atom stereocenters. The molecule has 0 aromatic heterocycles. The Bertz CT molecular complexity index is 61.0. The van der Waals surface area contributed by atoms with Crippen LogP contribution in [-0.4, -0.2) is 17.2 Å². The lowest BCUT2D eigenvalue weighted by molar-refractivity contribution is -0.136. The summed E-state index contributed by atoms with van der Waals surface area (Å²) in [4.78, 5) is 9.59. The van der Waals surface area contributed by atoms with Crippen molar-refractivity contribution < 1.29 is 9.90 Å². The van der Waals surface area contributed by atoms with E-state index < -0.39 is 5.97 Å². The first-order valence-electron chi connectivity index (χ1n) is 1.69. The Balaban J connectivity index is -0.0000000417. The zero-order valence-corrected chi connectivity index (χ0v) is 8.18. The second-order valence-corrected chi connectivity index (χ2v) is 1.51. The Labute approximate surface area is 75.2 Å². The topological polar surface area (TPSA) is 37.3 Å². The minimum absolute atomic E-state index is 0. The zero-order chi connectivity index (χ0) is 4.99. The molecule has 60 valence electrons. The molecule has 1 atom stereocenters. The second-order valence-electron chi connectivity index (χ2n) is 0.932. The highest BCUT2D eigenvalue weighted by Crippen LogP contribution is 1.84. The lowest BCUT2D eigenvalue weighted by Gasteiger charge is -1.79. The van der Waals surface area contributed by atoms with Gasteiger partial charge in [-0.1, -0.05) is 0 Å². The molecule has 0 rings (SSSR count). The molecule has 0 saturated heterocycles. The first kappa shape index (κ1) is 22.6. The number of hydrogen-bond donors (Lipinski definition) is 1. The summed E-state index contributed by atoms with van der Waals surface area (Å²) in [5, 5.41) is 7.90. The number of carboxylic acids is 1. The van der Waals surface area contributed by atoms with Crippen molar-refractivity contribution in [3.8, 4) is 0 Å². The molecule has 0 aromatic rings. The molecule has 0 radical (unpaired) electrons. The van der Waals surface area contributed by atoms with Gasteiger partial charge in [0.05, 0.1) is 0 Å². The number of carboxylic acid groups (broad SMARTS) is 1. The number of hydrogen-bond acceptors (Lipinski definition) is 1. The molecule has 0 aromatic carbocycles. The smallest absolute Gasteiger partial charge is 0.303 e. The Morgan fingerprint density at radius 2 is 1.67 bits per heavy atom. The zero-order valence-electron chi connectivity index (χ0n) is 4.57. The van der Waals surface area contributed by atoms with Crippen LogP contribution in [0, 0.1) is 0 Å². The number of aliphatic carboxylic acids is 1. The fourth-order valence-corrected chi connectivity index (χ4v) is 0.370. The van der Waals surface area contributed by atoms with Crippen LogP contribution in [0.15, 0.2) is 0 Å². The molecule has 0 bridgehead atoms. The minimum Gasteiger partial charge on any atom is -0.481 e.